The zero-order chi connectivity index (χ0) is 16.1. The Kier molecular flexibility index (Phi) is 5.23. The highest BCUT2D eigenvalue weighted by molar-refractivity contribution is 5.29. The molecule has 0 bridgehead atoms. The SMILES string of the molecule is CNc1cnc(C[C@H]2CCCN(Cc3cc(C)on3)CC2)cn1. The Labute approximate surface area is 137 Å². The smallest absolute Gasteiger partial charge is 0.144 e. The van der Waals surface area contributed by atoms with Crippen LogP contribution < -0.4 is 5.32 Å². The van der Waals surface area contributed by atoms with Gasteiger partial charge in [0.15, 0.2) is 0 Å². The monoisotopic (exact) mass is 315 g/mol. The van der Waals surface area contributed by atoms with Gasteiger partial charge in [-0.05, 0) is 51.6 Å². The lowest BCUT2D eigenvalue weighted by molar-refractivity contribution is 0.262. The van der Waals surface area contributed by atoms with Crippen molar-refractivity contribution in [3.63, 3.8) is 0 Å². The highest BCUT2D eigenvalue weighted by atomic mass is 16.5. The van der Waals surface area contributed by atoms with Crippen molar-refractivity contribution in [1.82, 2.24) is 20.0 Å². The summed E-state index contributed by atoms with van der Waals surface area (Å²) in [6, 6.07) is 2.03. The molecule has 0 spiro atoms. The number of aryl methyl sites for hydroxylation is 1. The first-order chi connectivity index (χ1) is 11.2. The fourth-order valence-corrected chi connectivity index (χ4v) is 3.19. The normalized spacial score (nSPS) is 19.5. The lowest BCUT2D eigenvalue weighted by Gasteiger charge is -2.18. The summed E-state index contributed by atoms with van der Waals surface area (Å²) in [5.41, 5.74) is 2.13. The summed E-state index contributed by atoms with van der Waals surface area (Å²) in [5.74, 6) is 2.40. The third-order valence-corrected chi connectivity index (χ3v) is 4.46. The van der Waals surface area contributed by atoms with Gasteiger partial charge < -0.3 is 9.84 Å². The highest BCUT2D eigenvalue weighted by Gasteiger charge is 2.19. The number of anilines is 1. The maximum absolute atomic E-state index is 5.16. The molecule has 124 valence electrons. The number of nitrogens with zero attached hydrogens (tertiary/aromatic N) is 4. The van der Waals surface area contributed by atoms with Gasteiger partial charge >= 0.3 is 0 Å². The zero-order valence-electron chi connectivity index (χ0n) is 14.0. The van der Waals surface area contributed by atoms with Crippen molar-refractivity contribution in [3.05, 3.63) is 35.6 Å². The zero-order valence-corrected chi connectivity index (χ0v) is 14.0. The van der Waals surface area contributed by atoms with Crippen LogP contribution in [0.25, 0.3) is 0 Å². The van der Waals surface area contributed by atoms with Crippen LogP contribution in [0.15, 0.2) is 23.0 Å². The van der Waals surface area contributed by atoms with Crippen molar-refractivity contribution < 1.29 is 4.52 Å². The van der Waals surface area contributed by atoms with Gasteiger partial charge in [-0.15, -0.1) is 0 Å². The Bertz CT molecular complexity index is 610. The predicted octanol–water partition coefficient (Wildman–Crippen LogP) is 2.66. The van der Waals surface area contributed by atoms with Crippen LogP contribution >= 0.6 is 0 Å². The van der Waals surface area contributed by atoms with Gasteiger partial charge in [0.1, 0.15) is 11.6 Å². The van der Waals surface area contributed by atoms with E-state index in [0.717, 1.165) is 49.0 Å². The van der Waals surface area contributed by atoms with Gasteiger partial charge in [0.05, 0.1) is 23.8 Å². The fourth-order valence-electron chi connectivity index (χ4n) is 3.19. The van der Waals surface area contributed by atoms with Crippen LogP contribution in [0.4, 0.5) is 5.82 Å². The molecule has 23 heavy (non-hydrogen) atoms. The Morgan fingerprint density at radius 1 is 1.22 bits per heavy atom. The highest BCUT2D eigenvalue weighted by Crippen LogP contribution is 2.22. The van der Waals surface area contributed by atoms with Crippen molar-refractivity contribution in [2.45, 2.75) is 39.2 Å². The number of likely N-dealkylation sites (tertiary alicyclic amines) is 1. The number of rotatable bonds is 5. The molecule has 1 atom stereocenters. The van der Waals surface area contributed by atoms with Gasteiger partial charge in [0.25, 0.3) is 0 Å². The summed E-state index contributed by atoms with van der Waals surface area (Å²) in [7, 11) is 1.86. The van der Waals surface area contributed by atoms with Crippen LogP contribution in [-0.2, 0) is 13.0 Å². The van der Waals surface area contributed by atoms with E-state index in [1.165, 1.54) is 19.3 Å². The van der Waals surface area contributed by atoms with Gasteiger partial charge in [-0.1, -0.05) is 5.16 Å². The minimum atomic E-state index is 0.689. The molecule has 1 N–H and O–H groups in total. The van der Waals surface area contributed by atoms with Crippen LogP contribution in [0.2, 0.25) is 0 Å². The first-order valence-electron chi connectivity index (χ1n) is 8.36. The molecule has 0 amide bonds. The third-order valence-electron chi connectivity index (χ3n) is 4.46. The summed E-state index contributed by atoms with van der Waals surface area (Å²) in [6.45, 7) is 5.07. The quantitative estimate of drug-likeness (QED) is 0.915. The van der Waals surface area contributed by atoms with Gasteiger partial charge in [-0.25, -0.2) is 4.98 Å². The van der Waals surface area contributed by atoms with Crippen molar-refractivity contribution in [3.8, 4) is 0 Å². The molecule has 0 aromatic carbocycles. The molecular weight excluding hydrogens is 290 g/mol. The standard InChI is InChI=1S/C17H25N5O/c1-13-8-16(21-23-13)12-22-6-3-4-14(5-7-22)9-15-10-20-17(18-2)11-19-15/h8,10-11,14H,3-7,9,12H2,1-2H3,(H,18,20)/t14-/m0/s1. The van der Waals surface area contributed by atoms with Crippen molar-refractivity contribution >= 4 is 5.82 Å². The van der Waals surface area contributed by atoms with Crippen LogP contribution in [-0.4, -0.2) is 40.2 Å². The maximum Gasteiger partial charge on any atom is 0.144 e. The van der Waals surface area contributed by atoms with E-state index < -0.39 is 0 Å². The minimum absolute atomic E-state index is 0.689. The van der Waals surface area contributed by atoms with Gasteiger partial charge in [-0.3, -0.25) is 9.88 Å². The summed E-state index contributed by atoms with van der Waals surface area (Å²) < 4.78 is 5.16. The molecule has 0 unspecified atom stereocenters. The summed E-state index contributed by atoms with van der Waals surface area (Å²) in [6.07, 6.45) is 8.41. The number of hydrogen-bond acceptors (Lipinski definition) is 6. The Balaban J connectivity index is 1.51. The molecule has 0 aliphatic carbocycles. The molecule has 1 fully saturated rings. The van der Waals surface area contributed by atoms with Crippen molar-refractivity contribution in [1.29, 1.82) is 0 Å². The molecule has 1 saturated heterocycles. The molecule has 2 aromatic rings. The fraction of sp³-hybridized carbons (Fsp3) is 0.588. The largest absolute Gasteiger partial charge is 0.372 e. The lowest BCUT2D eigenvalue weighted by atomic mass is 9.95. The van der Waals surface area contributed by atoms with E-state index in [1.807, 2.05) is 32.4 Å². The molecule has 3 heterocycles. The van der Waals surface area contributed by atoms with Gasteiger partial charge in [-0.2, -0.15) is 0 Å². The average Bonchev–Trinajstić information content (AvgIpc) is 2.84. The molecule has 1 aliphatic rings. The molecule has 0 radical (unpaired) electrons. The van der Waals surface area contributed by atoms with Crippen molar-refractivity contribution in [2.24, 2.45) is 5.92 Å². The van der Waals surface area contributed by atoms with Crippen molar-refractivity contribution in [2.75, 3.05) is 25.5 Å². The second-order valence-electron chi connectivity index (χ2n) is 6.35. The van der Waals surface area contributed by atoms with Crippen LogP contribution in [0.5, 0.6) is 0 Å². The van der Waals surface area contributed by atoms with E-state index >= 15 is 0 Å². The lowest BCUT2D eigenvalue weighted by Crippen LogP contribution is -2.24. The summed E-state index contributed by atoms with van der Waals surface area (Å²) in [4.78, 5) is 11.3. The second kappa shape index (κ2) is 7.55. The summed E-state index contributed by atoms with van der Waals surface area (Å²) in [5, 5.41) is 7.11. The Morgan fingerprint density at radius 2 is 2.13 bits per heavy atom. The second-order valence-corrected chi connectivity index (χ2v) is 6.35. The third kappa shape index (κ3) is 4.51. The molecular formula is C17H25N5O. The van der Waals surface area contributed by atoms with Crippen LogP contribution in [0, 0.1) is 12.8 Å². The van der Waals surface area contributed by atoms with Gasteiger partial charge in [0.2, 0.25) is 0 Å². The topological polar surface area (TPSA) is 67.1 Å². The predicted molar refractivity (Wildman–Crippen MR) is 89.1 cm³/mol. The van der Waals surface area contributed by atoms with E-state index in [2.05, 4.69) is 25.3 Å². The van der Waals surface area contributed by atoms with E-state index in [1.54, 1.807) is 0 Å². The molecule has 0 saturated carbocycles. The first kappa shape index (κ1) is 15.9. The molecule has 3 rings (SSSR count). The molecule has 6 heteroatoms. The Morgan fingerprint density at radius 3 is 2.83 bits per heavy atom. The van der Waals surface area contributed by atoms with Crippen LogP contribution in [0.1, 0.15) is 36.4 Å². The average molecular weight is 315 g/mol. The molecule has 6 nitrogen and oxygen atoms in total. The molecule has 2 aromatic heterocycles. The first-order valence-corrected chi connectivity index (χ1v) is 8.36. The minimum Gasteiger partial charge on any atom is -0.372 e. The van der Waals surface area contributed by atoms with Crippen LogP contribution in [0.3, 0.4) is 0 Å². The summed E-state index contributed by atoms with van der Waals surface area (Å²) >= 11 is 0. The van der Waals surface area contributed by atoms with Gasteiger partial charge in [0, 0.05) is 19.7 Å². The molecule has 1 aliphatic heterocycles. The Hall–Kier alpha value is -1.95. The number of nitrogens with one attached hydrogen (secondary N) is 1. The van der Waals surface area contributed by atoms with E-state index in [-0.39, 0.29) is 0 Å². The van der Waals surface area contributed by atoms with E-state index in [0.29, 0.717) is 5.92 Å². The van der Waals surface area contributed by atoms with E-state index in [4.69, 9.17) is 4.52 Å². The van der Waals surface area contributed by atoms with E-state index in [9.17, 15) is 0 Å². The number of aromatic nitrogens is 3. The maximum atomic E-state index is 5.16. The number of hydrogen-bond donors (Lipinski definition) is 1.